The minimum atomic E-state index is -3.54. The Bertz CT molecular complexity index is 1030. The largest absolute Gasteiger partial charge is 0.338 e. The van der Waals surface area contributed by atoms with E-state index in [1.165, 1.54) is 31.3 Å². The zero-order chi connectivity index (χ0) is 19.4. The molecule has 1 aromatic heterocycles. The molecule has 0 aliphatic heterocycles. The monoisotopic (exact) mass is 384 g/mol. The van der Waals surface area contributed by atoms with Gasteiger partial charge in [-0.3, -0.25) is 4.79 Å². The van der Waals surface area contributed by atoms with Crippen molar-refractivity contribution in [2.45, 2.75) is 10.9 Å². The fourth-order valence-corrected chi connectivity index (χ4v) is 3.45. The maximum Gasteiger partial charge on any atom is 0.252 e. The average Bonchev–Trinajstić information content (AvgIpc) is 3.12. The molecule has 0 bridgehead atoms. The van der Waals surface area contributed by atoms with Crippen LogP contribution in [0.3, 0.4) is 0 Å². The Balaban J connectivity index is 1.88. The highest BCUT2D eigenvalue weighted by atomic mass is 32.2. The molecule has 8 heteroatoms. The lowest BCUT2D eigenvalue weighted by atomic mass is 10.1. The molecule has 3 rings (SSSR count). The van der Waals surface area contributed by atoms with Crippen molar-refractivity contribution in [1.29, 1.82) is 0 Å². The fraction of sp³-hybridized carbons (Fsp3) is 0.158. The Morgan fingerprint density at radius 1 is 1.07 bits per heavy atom. The molecule has 0 fully saturated rings. The Kier molecular flexibility index (Phi) is 5.38. The van der Waals surface area contributed by atoms with Gasteiger partial charge in [0.2, 0.25) is 10.0 Å². The van der Waals surface area contributed by atoms with E-state index < -0.39 is 16.1 Å². The van der Waals surface area contributed by atoms with Gasteiger partial charge in [-0.1, -0.05) is 30.3 Å². The first-order valence-corrected chi connectivity index (χ1v) is 9.77. The van der Waals surface area contributed by atoms with Crippen molar-refractivity contribution >= 4 is 15.9 Å². The molecule has 0 aliphatic carbocycles. The molecule has 0 saturated heterocycles. The second-order valence-electron chi connectivity index (χ2n) is 5.95. The molecule has 0 aliphatic rings. The van der Waals surface area contributed by atoms with Gasteiger partial charge in [-0.2, -0.15) is 0 Å². The van der Waals surface area contributed by atoms with E-state index in [-0.39, 0.29) is 10.8 Å². The lowest BCUT2D eigenvalue weighted by molar-refractivity contribution is 0.0941. The molecule has 1 unspecified atom stereocenters. The van der Waals surface area contributed by atoms with E-state index in [9.17, 15) is 13.2 Å². The van der Waals surface area contributed by atoms with E-state index in [1.54, 1.807) is 6.20 Å². The summed E-state index contributed by atoms with van der Waals surface area (Å²) < 4.78 is 27.7. The van der Waals surface area contributed by atoms with E-state index in [0.717, 1.165) is 5.56 Å². The molecule has 1 atom stereocenters. The van der Waals surface area contributed by atoms with Crippen molar-refractivity contribution in [3.05, 3.63) is 83.9 Å². The molecule has 2 aromatic carbocycles. The zero-order valence-corrected chi connectivity index (χ0v) is 15.8. The molecule has 1 amide bonds. The number of hydrogen-bond acceptors (Lipinski definition) is 4. The van der Waals surface area contributed by atoms with Crippen LogP contribution in [0, 0.1) is 0 Å². The Labute approximate surface area is 158 Å². The highest BCUT2D eigenvalue weighted by molar-refractivity contribution is 7.89. The average molecular weight is 384 g/mol. The third-order valence-corrected chi connectivity index (χ3v) is 5.65. The molecule has 0 saturated carbocycles. The maximum absolute atomic E-state index is 12.8. The number of nitrogens with zero attached hydrogens (tertiary/aromatic N) is 2. The summed E-state index contributed by atoms with van der Waals surface area (Å²) in [5.74, 6) is 0.379. The van der Waals surface area contributed by atoms with Gasteiger partial charge in [0.25, 0.3) is 5.91 Å². The molecule has 27 heavy (non-hydrogen) atoms. The molecule has 1 heterocycles. The van der Waals surface area contributed by atoms with Crippen LogP contribution in [-0.4, -0.2) is 30.9 Å². The van der Waals surface area contributed by atoms with Gasteiger partial charge in [0.1, 0.15) is 11.9 Å². The van der Waals surface area contributed by atoms with Crippen LogP contribution in [0.15, 0.2) is 71.9 Å². The lowest BCUT2D eigenvalue weighted by Crippen LogP contribution is -2.31. The smallest absolute Gasteiger partial charge is 0.252 e. The molecule has 0 radical (unpaired) electrons. The molecule has 2 N–H and O–H groups in total. The van der Waals surface area contributed by atoms with E-state index in [4.69, 9.17) is 0 Å². The Morgan fingerprint density at radius 3 is 2.30 bits per heavy atom. The van der Waals surface area contributed by atoms with Crippen molar-refractivity contribution in [2.24, 2.45) is 7.05 Å². The predicted molar refractivity (Wildman–Crippen MR) is 102 cm³/mol. The van der Waals surface area contributed by atoms with Gasteiger partial charge in [0.05, 0.1) is 4.90 Å². The first kappa shape index (κ1) is 18.8. The minimum absolute atomic E-state index is 0.102. The Hall–Kier alpha value is -2.97. The number of carbonyl (C=O) groups is 1. The zero-order valence-electron chi connectivity index (χ0n) is 15.0. The van der Waals surface area contributed by atoms with E-state index >= 15 is 0 Å². The predicted octanol–water partition coefficient (Wildman–Crippen LogP) is 1.85. The standard InChI is InChI=1S/C19H20N4O3S/c1-20-27(25,26)16-10-8-15(9-11-16)19(24)22-17(14-6-4-3-5-7-14)18-21-12-13-23(18)2/h3-13,17,20H,1-2H3,(H,22,24). The summed E-state index contributed by atoms with van der Waals surface area (Å²) >= 11 is 0. The summed E-state index contributed by atoms with van der Waals surface area (Å²) in [4.78, 5) is 17.2. The molecule has 0 spiro atoms. The summed E-state index contributed by atoms with van der Waals surface area (Å²) in [5, 5.41) is 2.98. The van der Waals surface area contributed by atoms with Crippen LogP contribution in [0.5, 0.6) is 0 Å². The number of nitrogens with one attached hydrogen (secondary N) is 2. The van der Waals surface area contributed by atoms with Gasteiger partial charge < -0.3 is 9.88 Å². The Morgan fingerprint density at radius 2 is 1.74 bits per heavy atom. The van der Waals surface area contributed by atoms with Crippen molar-refractivity contribution in [3.63, 3.8) is 0 Å². The van der Waals surface area contributed by atoms with Gasteiger partial charge in [-0.05, 0) is 36.9 Å². The van der Waals surface area contributed by atoms with Crippen LogP contribution >= 0.6 is 0 Å². The topological polar surface area (TPSA) is 93.1 Å². The first-order valence-electron chi connectivity index (χ1n) is 8.29. The number of sulfonamides is 1. The summed E-state index contributed by atoms with van der Waals surface area (Å²) in [6, 6.07) is 14.9. The van der Waals surface area contributed by atoms with Crippen molar-refractivity contribution < 1.29 is 13.2 Å². The van der Waals surface area contributed by atoms with Crippen LogP contribution in [-0.2, 0) is 17.1 Å². The fourth-order valence-electron chi connectivity index (χ4n) is 2.72. The lowest BCUT2D eigenvalue weighted by Gasteiger charge is -2.19. The number of amides is 1. The van der Waals surface area contributed by atoms with Crippen LogP contribution in [0.2, 0.25) is 0 Å². The number of imidazole rings is 1. The second-order valence-corrected chi connectivity index (χ2v) is 7.83. The molecular formula is C19H20N4O3S. The summed E-state index contributed by atoms with van der Waals surface area (Å²) in [6.07, 6.45) is 3.49. The summed E-state index contributed by atoms with van der Waals surface area (Å²) in [6.45, 7) is 0. The van der Waals surface area contributed by atoms with E-state index in [1.807, 2.05) is 48.1 Å². The molecule has 3 aromatic rings. The number of aromatic nitrogens is 2. The van der Waals surface area contributed by atoms with Gasteiger partial charge in [-0.15, -0.1) is 0 Å². The molecule has 140 valence electrons. The summed E-state index contributed by atoms with van der Waals surface area (Å²) in [5.41, 5.74) is 1.26. The van der Waals surface area contributed by atoms with Crippen LogP contribution in [0.1, 0.15) is 27.8 Å². The van der Waals surface area contributed by atoms with Gasteiger partial charge in [0.15, 0.2) is 0 Å². The normalized spacial score (nSPS) is 12.5. The minimum Gasteiger partial charge on any atom is -0.338 e. The van der Waals surface area contributed by atoms with Crippen molar-refractivity contribution in [3.8, 4) is 0 Å². The van der Waals surface area contributed by atoms with Crippen molar-refractivity contribution in [2.75, 3.05) is 7.05 Å². The number of carbonyl (C=O) groups excluding carboxylic acids is 1. The number of aryl methyl sites for hydroxylation is 1. The number of hydrogen-bond donors (Lipinski definition) is 2. The van der Waals surface area contributed by atoms with Crippen LogP contribution < -0.4 is 10.0 Å². The SMILES string of the molecule is CNS(=O)(=O)c1ccc(C(=O)NC(c2ccccc2)c2nccn2C)cc1. The van der Waals surface area contributed by atoms with Crippen molar-refractivity contribution in [1.82, 2.24) is 19.6 Å². The van der Waals surface area contributed by atoms with Crippen LogP contribution in [0.25, 0.3) is 0 Å². The van der Waals surface area contributed by atoms with Gasteiger partial charge in [0, 0.05) is 25.0 Å². The third-order valence-electron chi connectivity index (χ3n) is 4.22. The summed E-state index contributed by atoms with van der Waals surface area (Å²) in [7, 11) is -0.339. The van der Waals surface area contributed by atoms with Crippen LogP contribution in [0.4, 0.5) is 0 Å². The number of benzene rings is 2. The van der Waals surface area contributed by atoms with Gasteiger partial charge in [-0.25, -0.2) is 18.1 Å². The first-order chi connectivity index (χ1) is 12.9. The molecule has 7 nitrogen and oxygen atoms in total. The number of rotatable bonds is 6. The third kappa shape index (κ3) is 4.07. The molecular weight excluding hydrogens is 364 g/mol. The quantitative estimate of drug-likeness (QED) is 0.678. The van der Waals surface area contributed by atoms with Gasteiger partial charge >= 0.3 is 0 Å². The maximum atomic E-state index is 12.8. The van der Waals surface area contributed by atoms with E-state index in [2.05, 4.69) is 15.0 Å². The van der Waals surface area contributed by atoms with E-state index in [0.29, 0.717) is 11.4 Å². The second kappa shape index (κ2) is 7.73. The highest BCUT2D eigenvalue weighted by Crippen LogP contribution is 2.21. The highest BCUT2D eigenvalue weighted by Gasteiger charge is 2.21.